The number of aromatic nitrogens is 1. The maximum absolute atomic E-state index is 13.3. The molecule has 0 unspecified atom stereocenters. The molecule has 8 heteroatoms. The number of fused-ring (bicyclic) bond motifs is 1. The van der Waals surface area contributed by atoms with Crippen LogP contribution in [-0.2, 0) is 4.79 Å². The van der Waals surface area contributed by atoms with Gasteiger partial charge in [0.15, 0.2) is 17.3 Å². The van der Waals surface area contributed by atoms with Crippen LogP contribution in [0.4, 0.5) is 0 Å². The first kappa shape index (κ1) is 23.3. The minimum atomic E-state index is 0.117. The van der Waals surface area contributed by atoms with Crippen LogP contribution in [0, 0.1) is 13.8 Å². The summed E-state index contributed by atoms with van der Waals surface area (Å²) in [5, 5.41) is 0. The molecule has 3 heterocycles. The van der Waals surface area contributed by atoms with Gasteiger partial charge >= 0.3 is 0 Å². The van der Waals surface area contributed by atoms with Gasteiger partial charge in [0.05, 0.1) is 13.1 Å². The normalized spacial score (nSPS) is 17.0. The van der Waals surface area contributed by atoms with Crippen molar-refractivity contribution in [2.24, 2.45) is 0 Å². The minimum Gasteiger partial charge on any atom is -0.486 e. The van der Waals surface area contributed by atoms with Crippen molar-refractivity contribution in [1.29, 1.82) is 0 Å². The van der Waals surface area contributed by atoms with Gasteiger partial charge in [-0.25, -0.2) is 0 Å². The number of rotatable bonds is 6. The Hall–Kier alpha value is -2.84. The summed E-state index contributed by atoms with van der Waals surface area (Å²) in [7, 11) is 3.57. The largest absolute Gasteiger partial charge is 0.486 e. The van der Waals surface area contributed by atoms with Crippen LogP contribution in [0.15, 0.2) is 24.3 Å². The van der Waals surface area contributed by atoms with Crippen molar-refractivity contribution in [2.45, 2.75) is 20.3 Å². The first-order valence-corrected chi connectivity index (χ1v) is 11.6. The number of hydrogen-bond acceptors (Lipinski definition) is 6. The van der Waals surface area contributed by atoms with Gasteiger partial charge in [-0.05, 0) is 51.6 Å². The predicted octanol–water partition coefficient (Wildman–Crippen LogP) is 2.14. The summed E-state index contributed by atoms with van der Waals surface area (Å²) in [5.74, 6) is 1.74. The van der Waals surface area contributed by atoms with Gasteiger partial charge in [0.1, 0.15) is 13.2 Å². The molecule has 0 spiro atoms. The van der Waals surface area contributed by atoms with Crippen LogP contribution in [0.3, 0.4) is 0 Å². The number of hydrogen-bond donors (Lipinski definition) is 0. The Morgan fingerprint density at radius 3 is 2.27 bits per heavy atom. The third-order valence-electron chi connectivity index (χ3n) is 6.42. The lowest BCUT2D eigenvalue weighted by Gasteiger charge is -2.22. The highest BCUT2D eigenvalue weighted by molar-refractivity contribution is 5.99. The van der Waals surface area contributed by atoms with Gasteiger partial charge in [-0.1, -0.05) is 0 Å². The highest BCUT2D eigenvalue weighted by atomic mass is 16.6. The summed E-state index contributed by atoms with van der Waals surface area (Å²) in [6, 6.07) is 7.88. The first-order valence-electron chi connectivity index (χ1n) is 11.6. The average Bonchev–Trinajstić information content (AvgIpc) is 2.94. The SMILES string of the molecule is Cc1cc(C(=O)CN2CCCN(CC(=O)N(C)C)CC2)c(C)n1-c1ccc2c(c1)OCCO2. The summed E-state index contributed by atoms with van der Waals surface area (Å²) in [5.41, 5.74) is 3.66. The summed E-state index contributed by atoms with van der Waals surface area (Å²) >= 11 is 0. The molecule has 33 heavy (non-hydrogen) atoms. The monoisotopic (exact) mass is 454 g/mol. The van der Waals surface area contributed by atoms with Gasteiger partial charge < -0.3 is 18.9 Å². The van der Waals surface area contributed by atoms with E-state index in [4.69, 9.17) is 9.47 Å². The number of carbonyl (C=O) groups excluding carboxylic acids is 2. The van der Waals surface area contributed by atoms with Crippen molar-refractivity contribution < 1.29 is 19.1 Å². The van der Waals surface area contributed by atoms with Gasteiger partial charge in [-0.3, -0.25) is 19.4 Å². The Morgan fingerprint density at radius 2 is 1.58 bits per heavy atom. The molecule has 0 bridgehead atoms. The summed E-state index contributed by atoms with van der Waals surface area (Å²) in [6.45, 7) is 9.26. The molecule has 0 radical (unpaired) electrons. The van der Waals surface area contributed by atoms with E-state index < -0.39 is 0 Å². The molecule has 1 amide bonds. The number of Topliss-reactive ketones (excluding diaryl/α,β-unsaturated/α-hetero) is 1. The van der Waals surface area contributed by atoms with Crippen molar-refractivity contribution in [3.63, 3.8) is 0 Å². The Morgan fingerprint density at radius 1 is 0.909 bits per heavy atom. The quantitative estimate of drug-likeness (QED) is 0.623. The van der Waals surface area contributed by atoms with Crippen LogP contribution >= 0.6 is 0 Å². The number of likely N-dealkylation sites (N-methyl/N-ethyl adjacent to an activating group) is 1. The number of benzene rings is 1. The maximum Gasteiger partial charge on any atom is 0.236 e. The number of aryl methyl sites for hydroxylation is 1. The Balaban J connectivity index is 1.44. The zero-order chi connectivity index (χ0) is 23.5. The molecule has 0 aliphatic carbocycles. The van der Waals surface area contributed by atoms with Crippen molar-refractivity contribution in [1.82, 2.24) is 19.3 Å². The molecule has 2 aliphatic rings. The molecule has 1 saturated heterocycles. The zero-order valence-electron chi connectivity index (χ0n) is 20.1. The van der Waals surface area contributed by atoms with Gasteiger partial charge in [0.25, 0.3) is 0 Å². The molecule has 0 atom stereocenters. The third kappa shape index (κ3) is 5.23. The number of ether oxygens (including phenoxy) is 2. The molecule has 0 N–H and O–H groups in total. The molecule has 0 saturated carbocycles. The van der Waals surface area contributed by atoms with E-state index in [1.54, 1.807) is 19.0 Å². The zero-order valence-corrected chi connectivity index (χ0v) is 20.1. The summed E-state index contributed by atoms with van der Waals surface area (Å²) in [6.07, 6.45) is 0.949. The topological polar surface area (TPSA) is 67.3 Å². The van der Waals surface area contributed by atoms with Gasteiger partial charge in [-0.2, -0.15) is 0 Å². The van der Waals surface area contributed by atoms with Gasteiger partial charge in [-0.15, -0.1) is 0 Å². The molecule has 1 fully saturated rings. The van der Waals surface area contributed by atoms with Crippen LogP contribution in [0.2, 0.25) is 0 Å². The van der Waals surface area contributed by atoms with Crippen LogP contribution < -0.4 is 9.47 Å². The number of nitrogens with zero attached hydrogens (tertiary/aromatic N) is 4. The number of ketones is 1. The molecule has 2 aromatic rings. The van der Waals surface area contributed by atoms with E-state index >= 15 is 0 Å². The van der Waals surface area contributed by atoms with Crippen LogP contribution in [0.5, 0.6) is 11.5 Å². The summed E-state index contributed by atoms with van der Waals surface area (Å²) < 4.78 is 13.5. The lowest BCUT2D eigenvalue weighted by molar-refractivity contribution is -0.129. The Labute approximate surface area is 195 Å². The molecule has 178 valence electrons. The molecule has 1 aromatic heterocycles. The fourth-order valence-corrected chi connectivity index (χ4v) is 4.58. The molecule has 2 aliphatic heterocycles. The fourth-order valence-electron chi connectivity index (χ4n) is 4.58. The maximum atomic E-state index is 13.3. The van der Waals surface area contributed by atoms with Crippen LogP contribution in [0.1, 0.15) is 28.2 Å². The smallest absolute Gasteiger partial charge is 0.236 e. The number of amides is 1. The van der Waals surface area contributed by atoms with E-state index in [0.29, 0.717) is 26.3 Å². The molecule has 8 nitrogen and oxygen atoms in total. The minimum absolute atomic E-state index is 0.117. The van der Waals surface area contributed by atoms with Crippen molar-refractivity contribution in [3.05, 3.63) is 41.2 Å². The van der Waals surface area contributed by atoms with E-state index in [9.17, 15) is 9.59 Å². The van der Waals surface area contributed by atoms with Crippen molar-refractivity contribution >= 4 is 11.7 Å². The highest BCUT2D eigenvalue weighted by Gasteiger charge is 2.23. The second-order valence-corrected chi connectivity index (χ2v) is 9.07. The lowest BCUT2D eigenvalue weighted by Crippen LogP contribution is -2.39. The Kier molecular flexibility index (Phi) is 7.05. The summed E-state index contributed by atoms with van der Waals surface area (Å²) in [4.78, 5) is 31.3. The Bertz CT molecular complexity index is 1030. The van der Waals surface area contributed by atoms with E-state index in [0.717, 1.165) is 66.7 Å². The average molecular weight is 455 g/mol. The second kappa shape index (κ2) is 9.97. The van der Waals surface area contributed by atoms with E-state index in [-0.39, 0.29) is 11.7 Å². The fraction of sp³-hybridized carbons (Fsp3) is 0.520. The third-order valence-corrected chi connectivity index (χ3v) is 6.42. The predicted molar refractivity (Wildman–Crippen MR) is 127 cm³/mol. The van der Waals surface area contributed by atoms with Crippen molar-refractivity contribution in [2.75, 3.05) is 66.6 Å². The molecular weight excluding hydrogens is 420 g/mol. The molecular formula is C25H34N4O4. The van der Waals surface area contributed by atoms with Crippen LogP contribution in [-0.4, -0.2) is 97.5 Å². The number of carbonyl (C=O) groups is 2. The second-order valence-electron chi connectivity index (χ2n) is 9.07. The van der Waals surface area contributed by atoms with Gasteiger partial charge in [0, 0.05) is 55.9 Å². The van der Waals surface area contributed by atoms with E-state index in [2.05, 4.69) is 14.4 Å². The molecule has 1 aromatic carbocycles. The lowest BCUT2D eigenvalue weighted by atomic mass is 10.1. The standard InChI is InChI=1S/C25H34N4O4/c1-18-14-21(19(2)29(18)20-6-7-23-24(15-20)33-13-12-32-23)22(30)16-27-8-5-9-28(11-10-27)17-25(31)26(3)4/h6-7,14-15H,5,8-13,16-17H2,1-4H3. The molecule has 4 rings (SSSR count). The van der Waals surface area contributed by atoms with E-state index in [1.807, 2.05) is 38.1 Å². The van der Waals surface area contributed by atoms with Crippen molar-refractivity contribution in [3.8, 4) is 17.2 Å². The highest BCUT2D eigenvalue weighted by Crippen LogP contribution is 2.33. The van der Waals surface area contributed by atoms with Crippen LogP contribution in [0.25, 0.3) is 5.69 Å². The first-order chi connectivity index (χ1) is 15.8. The van der Waals surface area contributed by atoms with E-state index in [1.165, 1.54) is 0 Å². The van der Waals surface area contributed by atoms with Gasteiger partial charge in [0.2, 0.25) is 5.91 Å².